The van der Waals surface area contributed by atoms with Crippen LogP contribution in [0.25, 0.3) is 11.0 Å². The van der Waals surface area contributed by atoms with Crippen LogP contribution < -0.4 is 11.1 Å². The number of amides is 2. The van der Waals surface area contributed by atoms with Gasteiger partial charge >= 0.3 is 0 Å². The van der Waals surface area contributed by atoms with Gasteiger partial charge in [-0.2, -0.15) is 0 Å². The molecule has 1 saturated carbocycles. The Hall–Kier alpha value is -2.57. The number of rotatable bonds is 4. The standard InChI is InChI=1S/C19H24N4O3/c20-18-14-8-7-12(10-16(14)26-22-18)11-21-19(25)13-4-1-2-5-15(13)23-9-3-6-17(23)24/h7-8,10,13,15H,1-6,9,11H2,(H2,20,22)(H,21,25)/t13-,15+/m1/s1. The number of nitrogens with two attached hydrogens (primary N) is 1. The topological polar surface area (TPSA) is 101 Å². The van der Waals surface area contributed by atoms with E-state index < -0.39 is 0 Å². The molecule has 2 fully saturated rings. The highest BCUT2D eigenvalue weighted by Gasteiger charge is 2.38. The van der Waals surface area contributed by atoms with Gasteiger partial charge in [-0.3, -0.25) is 9.59 Å². The highest BCUT2D eigenvalue weighted by atomic mass is 16.5. The van der Waals surface area contributed by atoms with Gasteiger partial charge in [-0.25, -0.2) is 0 Å². The van der Waals surface area contributed by atoms with Gasteiger partial charge < -0.3 is 20.5 Å². The number of hydrogen-bond donors (Lipinski definition) is 2. The number of carbonyl (C=O) groups excluding carboxylic acids is 2. The monoisotopic (exact) mass is 356 g/mol. The number of likely N-dealkylation sites (tertiary alicyclic amines) is 1. The van der Waals surface area contributed by atoms with Crippen LogP contribution >= 0.6 is 0 Å². The van der Waals surface area contributed by atoms with Gasteiger partial charge in [-0.1, -0.05) is 24.1 Å². The molecule has 1 aromatic carbocycles. The first-order chi connectivity index (χ1) is 12.6. The molecule has 0 bridgehead atoms. The molecule has 1 aromatic heterocycles. The Balaban J connectivity index is 1.42. The van der Waals surface area contributed by atoms with E-state index in [9.17, 15) is 9.59 Å². The number of aromatic nitrogens is 1. The molecule has 2 amide bonds. The Bertz CT molecular complexity index is 831. The molecular formula is C19H24N4O3. The maximum absolute atomic E-state index is 12.8. The molecule has 26 heavy (non-hydrogen) atoms. The predicted molar refractivity (Wildman–Crippen MR) is 97.0 cm³/mol. The van der Waals surface area contributed by atoms with Crippen molar-refractivity contribution in [3.05, 3.63) is 23.8 Å². The molecule has 7 nitrogen and oxygen atoms in total. The van der Waals surface area contributed by atoms with E-state index in [-0.39, 0.29) is 23.8 Å². The van der Waals surface area contributed by atoms with Crippen molar-refractivity contribution in [3.8, 4) is 0 Å². The van der Waals surface area contributed by atoms with E-state index >= 15 is 0 Å². The Morgan fingerprint density at radius 1 is 1.31 bits per heavy atom. The van der Waals surface area contributed by atoms with Crippen LogP contribution in [0.4, 0.5) is 5.82 Å². The van der Waals surface area contributed by atoms with E-state index in [2.05, 4.69) is 10.5 Å². The molecule has 2 heterocycles. The first-order valence-corrected chi connectivity index (χ1v) is 9.34. The number of carbonyl (C=O) groups is 2. The smallest absolute Gasteiger partial charge is 0.225 e. The lowest BCUT2D eigenvalue weighted by Gasteiger charge is -2.37. The summed E-state index contributed by atoms with van der Waals surface area (Å²) < 4.78 is 5.18. The third-order valence-corrected chi connectivity index (χ3v) is 5.61. The van der Waals surface area contributed by atoms with Crippen LogP contribution in [0.3, 0.4) is 0 Å². The minimum Gasteiger partial charge on any atom is -0.380 e. The highest BCUT2D eigenvalue weighted by Crippen LogP contribution is 2.31. The zero-order chi connectivity index (χ0) is 18.1. The van der Waals surface area contributed by atoms with Crippen molar-refractivity contribution in [2.24, 2.45) is 5.92 Å². The summed E-state index contributed by atoms with van der Waals surface area (Å²) in [5, 5.41) is 7.56. The lowest BCUT2D eigenvalue weighted by Crippen LogP contribution is -2.48. The third-order valence-electron chi connectivity index (χ3n) is 5.61. The number of anilines is 1. The first kappa shape index (κ1) is 16.9. The summed E-state index contributed by atoms with van der Waals surface area (Å²) in [5.41, 5.74) is 7.28. The summed E-state index contributed by atoms with van der Waals surface area (Å²) in [6, 6.07) is 5.67. The quantitative estimate of drug-likeness (QED) is 0.874. The van der Waals surface area contributed by atoms with E-state index in [0.717, 1.165) is 49.6 Å². The van der Waals surface area contributed by atoms with Crippen LogP contribution in [-0.4, -0.2) is 34.5 Å². The van der Waals surface area contributed by atoms with Gasteiger partial charge in [-0.15, -0.1) is 0 Å². The Labute approximate surface area is 151 Å². The molecule has 2 aliphatic rings. The van der Waals surface area contributed by atoms with Gasteiger partial charge in [0.05, 0.1) is 11.3 Å². The number of nitrogens with zero attached hydrogens (tertiary/aromatic N) is 2. The number of nitrogens with one attached hydrogen (secondary N) is 1. The Morgan fingerprint density at radius 2 is 2.15 bits per heavy atom. The van der Waals surface area contributed by atoms with Crippen molar-refractivity contribution in [1.29, 1.82) is 0 Å². The molecular weight excluding hydrogens is 332 g/mol. The third kappa shape index (κ3) is 3.13. The summed E-state index contributed by atoms with van der Waals surface area (Å²) in [4.78, 5) is 26.9. The molecule has 1 aliphatic carbocycles. The van der Waals surface area contributed by atoms with E-state index in [1.807, 2.05) is 23.1 Å². The fourth-order valence-corrected chi connectivity index (χ4v) is 4.24. The van der Waals surface area contributed by atoms with Crippen LogP contribution in [0.2, 0.25) is 0 Å². The van der Waals surface area contributed by atoms with E-state index in [0.29, 0.717) is 24.4 Å². The molecule has 7 heteroatoms. The average molecular weight is 356 g/mol. The van der Waals surface area contributed by atoms with Gasteiger partial charge in [0.1, 0.15) is 0 Å². The SMILES string of the molecule is Nc1noc2cc(CNC(=O)[C@@H]3CCCC[C@@H]3N3CCCC3=O)ccc12. The zero-order valence-corrected chi connectivity index (χ0v) is 14.7. The van der Waals surface area contributed by atoms with Gasteiger partial charge in [0.25, 0.3) is 0 Å². The van der Waals surface area contributed by atoms with Gasteiger partial charge in [-0.05, 0) is 37.0 Å². The van der Waals surface area contributed by atoms with Crippen molar-refractivity contribution in [3.63, 3.8) is 0 Å². The fourth-order valence-electron chi connectivity index (χ4n) is 4.24. The van der Waals surface area contributed by atoms with Crippen LogP contribution in [0.15, 0.2) is 22.7 Å². The summed E-state index contributed by atoms with van der Waals surface area (Å²) in [7, 11) is 0. The molecule has 1 aliphatic heterocycles. The molecule has 3 N–H and O–H groups in total. The Kier molecular flexibility index (Phi) is 4.53. The largest absolute Gasteiger partial charge is 0.380 e. The number of fused-ring (bicyclic) bond motifs is 1. The van der Waals surface area contributed by atoms with Crippen molar-refractivity contribution < 1.29 is 14.1 Å². The summed E-state index contributed by atoms with van der Waals surface area (Å²) in [6.45, 7) is 1.21. The molecule has 138 valence electrons. The first-order valence-electron chi connectivity index (χ1n) is 9.34. The highest BCUT2D eigenvalue weighted by molar-refractivity contribution is 5.87. The molecule has 0 radical (unpaired) electrons. The van der Waals surface area contributed by atoms with E-state index in [4.69, 9.17) is 10.3 Å². The number of nitrogen functional groups attached to an aromatic ring is 1. The fraction of sp³-hybridized carbons (Fsp3) is 0.526. The summed E-state index contributed by atoms with van der Waals surface area (Å²) >= 11 is 0. The average Bonchev–Trinajstić information content (AvgIpc) is 3.25. The summed E-state index contributed by atoms with van der Waals surface area (Å²) in [5.74, 6) is 0.487. The molecule has 1 saturated heterocycles. The maximum Gasteiger partial charge on any atom is 0.225 e. The molecule has 4 rings (SSSR count). The minimum atomic E-state index is -0.115. The Morgan fingerprint density at radius 3 is 2.96 bits per heavy atom. The molecule has 2 atom stereocenters. The van der Waals surface area contributed by atoms with Crippen molar-refractivity contribution in [2.75, 3.05) is 12.3 Å². The number of benzene rings is 1. The zero-order valence-electron chi connectivity index (χ0n) is 14.7. The second-order valence-electron chi connectivity index (χ2n) is 7.27. The molecule has 0 unspecified atom stereocenters. The summed E-state index contributed by atoms with van der Waals surface area (Å²) in [6.07, 6.45) is 5.42. The van der Waals surface area contributed by atoms with Gasteiger partial charge in [0.2, 0.25) is 11.8 Å². The van der Waals surface area contributed by atoms with Gasteiger partial charge in [0, 0.05) is 25.6 Å². The van der Waals surface area contributed by atoms with Gasteiger partial charge in [0.15, 0.2) is 11.4 Å². The molecule has 2 aromatic rings. The molecule has 0 spiro atoms. The lowest BCUT2D eigenvalue weighted by atomic mass is 9.83. The normalized spacial score (nSPS) is 23.5. The number of hydrogen-bond acceptors (Lipinski definition) is 5. The van der Waals surface area contributed by atoms with E-state index in [1.165, 1.54) is 0 Å². The van der Waals surface area contributed by atoms with Crippen molar-refractivity contribution in [2.45, 2.75) is 51.1 Å². The minimum absolute atomic E-state index is 0.0339. The van der Waals surface area contributed by atoms with E-state index in [1.54, 1.807) is 0 Å². The van der Waals surface area contributed by atoms with Crippen LogP contribution in [0.5, 0.6) is 0 Å². The maximum atomic E-state index is 12.8. The second-order valence-corrected chi connectivity index (χ2v) is 7.27. The van der Waals surface area contributed by atoms with Crippen LogP contribution in [-0.2, 0) is 16.1 Å². The lowest BCUT2D eigenvalue weighted by molar-refractivity contribution is -0.135. The van der Waals surface area contributed by atoms with Crippen LogP contribution in [0, 0.1) is 5.92 Å². The van der Waals surface area contributed by atoms with Crippen LogP contribution in [0.1, 0.15) is 44.1 Å². The second kappa shape index (κ2) is 6.97. The van der Waals surface area contributed by atoms with Crippen molar-refractivity contribution >= 4 is 28.6 Å². The predicted octanol–water partition coefficient (Wildman–Crippen LogP) is 2.21. The van der Waals surface area contributed by atoms with Crippen molar-refractivity contribution in [1.82, 2.24) is 15.4 Å².